The van der Waals surface area contributed by atoms with Crippen molar-refractivity contribution < 1.29 is 9.26 Å². The molecule has 0 unspecified atom stereocenters. The highest BCUT2D eigenvalue weighted by molar-refractivity contribution is 5.67. The molecule has 1 saturated heterocycles. The minimum absolute atomic E-state index is 0.212. The van der Waals surface area contributed by atoms with Crippen molar-refractivity contribution in [2.45, 2.75) is 39.5 Å². The van der Waals surface area contributed by atoms with E-state index in [0.717, 1.165) is 35.7 Å². The van der Waals surface area contributed by atoms with Gasteiger partial charge >= 0.3 is 0 Å². The third-order valence-electron chi connectivity index (χ3n) is 4.51. The number of morpholine rings is 1. The summed E-state index contributed by atoms with van der Waals surface area (Å²) >= 11 is 0. The van der Waals surface area contributed by atoms with Crippen LogP contribution in [0.1, 0.15) is 25.6 Å². The van der Waals surface area contributed by atoms with Crippen molar-refractivity contribution in [2.24, 2.45) is 0 Å². The van der Waals surface area contributed by atoms with E-state index in [-0.39, 0.29) is 12.2 Å². The summed E-state index contributed by atoms with van der Waals surface area (Å²) in [5.74, 6) is 1.95. The molecule has 1 aliphatic rings. The standard InChI is InChI=1S/C20H23N5O2/c1-13-10-25(11-14(2)26-13)12-19-23-20(24-27-19)17-6-4-5-16(9-17)18-7-8-21-15(3)22-18/h4-9,13-14H,10-12H2,1-3H3/t13-,14+. The highest BCUT2D eigenvalue weighted by Gasteiger charge is 2.24. The molecule has 0 amide bonds. The van der Waals surface area contributed by atoms with E-state index in [1.165, 1.54) is 0 Å². The molecule has 1 aromatic carbocycles. The van der Waals surface area contributed by atoms with Crippen molar-refractivity contribution in [3.8, 4) is 22.6 Å². The molecule has 1 fully saturated rings. The smallest absolute Gasteiger partial charge is 0.241 e. The Kier molecular flexibility index (Phi) is 4.96. The minimum Gasteiger partial charge on any atom is -0.373 e. The second-order valence-electron chi connectivity index (χ2n) is 7.03. The van der Waals surface area contributed by atoms with Crippen LogP contribution in [0.15, 0.2) is 41.1 Å². The largest absolute Gasteiger partial charge is 0.373 e. The summed E-state index contributed by atoms with van der Waals surface area (Å²) in [6.07, 6.45) is 2.19. The van der Waals surface area contributed by atoms with Crippen LogP contribution >= 0.6 is 0 Å². The molecular formula is C20H23N5O2. The number of hydrogen-bond donors (Lipinski definition) is 0. The van der Waals surface area contributed by atoms with E-state index in [2.05, 4.69) is 38.9 Å². The number of hydrogen-bond acceptors (Lipinski definition) is 7. The predicted molar refractivity (Wildman–Crippen MR) is 101 cm³/mol. The Bertz CT molecular complexity index is 916. The van der Waals surface area contributed by atoms with Gasteiger partial charge in [-0.25, -0.2) is 9.97 Å². The molecule has 7 heteroatoms. The molecule has 2 aromatic heterocycles. The van der Waals surface area contributed by atoms with Gasteiger partial charge in [0.25, 0.3) is 0 Å². The Hall–Kier alpha value is -2.64. The highest BCUT2D eigenvalue weighted by atomic mass is 16.5. The van der Waals surface area contributed by atoms with E-state index in [1.54, 1.807) is 6.20 Å². The summed E-state index contributed by atoms with van der Waals surface area (Å²) in [7, 11) is 0. The first-order valence-corrected chi connectivity index (χ1v) is 9.17. The number of nitrogens with zero attached hydrogens (tertiary/aromatic N) is 5. The van der Waals surface area contributed by atoms with Crippen molar-refractivity contribution in [2.75, 3.05) is 13.1 Å². The van der Waals surface area contributed by atoms with E-state index in [1.807, 2.05) is 37.3 Å². The molecule has 0 saturated carbocycles. The number of ether oxygens (including phenoxy) is 1. The molecule has 0 aliphatic carbocycles. The summed E-state index contributed by atoms with van der Waals surface area (Å²) in [4.78, 5) is 15.5. The van der Waals surface area contributed by atoms with Crippen LogP contribution in [0.4, 0.5) is 0 Å². The lowest BCUT2D eigenvalue weighted by Gasteiger charge is -2.34. The summed E-state index contributed by atoms with van der Waals surface area (Å²) in [6.45, 7) is 8.42. The molecule has 2 atom stereocenters. The fourth-order valence-corrected chi connectivity index (χ4v) is 3.48. The zero-order chi connectivity index (χ0) is 18.8. The third-order valence-corrected chi connectivity index (χ3v) is 4.51. The summed E-state index contributed by atoms with van der Waals surface area (Å²) in [5.41, 5.74) is 2.78. The van der Waals surface area contributed by atoms with Gasteiger partial charge < -0.3 is 9.26 Å². The van der Waals surface area contributed by atoms with E-state index < -0.39 is 0 Å². The first-order chi connectivity index (χ1) is 13.1. The Balaban J connectivity index is 1.52. The van der Waals surface area contributed by atoms with Gasteiger partial charge in [-0.15, -0.1) is 0 Å². The van der Waals surface area contributed by atoms with Gasteiger partial charge in [0, 0.05) is 30.4 Å². The highest BCUT2D eigenvalue weighted by Crippen LogP contribution is 2.24. The molecule has 0 radical (unpaired) electrons. The molecule has 4 rings (SSSR count). The van der Waals surface area contributed by atoms with Crippen LogP contribution in [-0.2, 0) is 11.3 Å². The van der Waals surface area contributed by atoms with Gasteiger partial charge in [-0.05, 0) is 32.9 Å². The van der Waals surface area contributed by atoms with Crippen LogP contribution in [0.5, 0.6) is 0 Å². The van der Waals surface area contributed by atoms with Crippen LogP contribution in [0.2, 0.25) is 0 Å². The van der Waals surface area contributed by atoms with Crippen LogP contribution in [0.3, 0.4) is 0 Å². The Labute approximate surface area is 158 Å². The van der Waals surface area contributed by atoms with Gasteiger partial charge in [0.2, 0.25) is 11.7 Å². The van der Waals surface area contributed by atoms with Crippen molar-refractivity contribution >= 4 is 0 Å². The molecule has 3 aromatic rings. The lowest BCUT2D eigenvalue weighted by Crippen LogP contribution is -2.44. The molecule has 140 valence electrons. The average Bonchev–Trinajstić information content (AvgIpc) is 3.09. The number of aromatic nitrogens is 4. The molecule has 0 N–H and O–H groups in total. The van der Waals surface area contributed by atoms with E-state index in [4.69, 9.17) is 9.26 Å². The topological polar surface area (TPSA) is 77.2 Å². The van der Waals surface area contributed by atoms with Crippen molar-refractivity contribution in [3.63, 3.8) is 0 Å². The second-order valence-corrected chi connectivity index (χ2v) is 7.03. The number of benzene rings is 1. The normalized spacial score (nSPS) is 20.7. The lowest BCUT2D eigenvalue weighted by atomic mass is 10.1. The lowest BCUT2D eigenvalue weighted by molar-refractivity contribution is -0.0725. The Morgan fingerprint density at radius 1 is 1.07 bits per heavy atom. The monoisotopic (exact) mass is 365 g/mol. The molecule has 0 bridgehead atoms. The first kappa shape index (κ1) is 17.8. The maximum atomic E-state index is 5.77. The van der Waals surface area contributed by atoms with Gasteiger partial charge in [0.15, 0.2) is 0 Å². The molecule has 7 nitrogen and oxygen atoms in total. The summed E-state index contributed by atoms with van der Waals surface area (Å²) in [6, 6.07) is 9.89. The molecular weight excluding hydrogens is 342 g/mol. The zero-order valence-electron chi connectivity index (χ0n) is 15.8. The van der Waals surface area contributed by atoms with E-state index in [9.17, 15) is 0 Å². The molecule has 3 heterocycles. The van der Waals surface area contributed by atoms with Gasteiger partial charge in [-0.1, -0.05) is 23.4 Å². The number of rotatable bonds is 4. The van der Waals surface area contributed by atoms with Gasteiger partial charge in [-0.2, -0.15) is 4.98 Å². The Morgan fingerprint density at radius 3 is 2.63 bits per heavy atom. The van der Waals surface area contributed by atoms with Crippen LogP contribution < -0.4 is 0 Å². The zero-order valence-corrected chi connectivity index (χ0v) is 15.8. The van der Waals surface area contributed by atoms with Crippen molar-refractivity contribution in [1.82, 2.24) is 25.0 Å². The maximum Gasteiger partial charge on any atom is 0.241 e. The molecule has 1 aliphatic heterocycles. The SMILES string of the molecule is Cc1nccc(-c2cccc(-c3noc(CN4C[C@@H](C)O[C@@H](C)C4)n3)c2)n1. The fraction of sp³-hybridized carbons (Fsp3) is 0.400. The summed E-state index contributed by atoms with van der Waals surface area (Å²) in [5, 5.41) is 4.17. The van der Waals surface area contributed by atoms with Gasteiger partial charge in [0.1, 0.15) is 5.82 Å². The average molecular weight is 365 g/mol. The number of aryl methyl sites for hydroxylation is 1. The van der Waals surface area contributed by atoms with E-state index >= 15 is 0 Å². The summed E-state index contributed by atoms with van der Waals surface area (Å²) < 4.78 is 11.3. The minimum atomic E-state index is 0.212. The van der Waals surface area contributed by atoms with E-state index in [0.29, 0.717) is 18.3 Å². The van der Waals surface area contributed by atoms with Crippen LogP contribution in [0.25, 0.3) is 22.6 Å². The fourth-order valence-electron chi connectivity index (χ4n) is 3.48. The van der Waals surface area contributed by atoms with Crippen LogP contribution in [0, 0.1) is 6.92 Å². The predicted octanol–water partition coefficient (Wildman–Crippen LogP) is 3.11. The Morgan fingerprint density at radius 2 is 1.85 bits per heavy atom. The van der Waals surface area contributed by atoms with Crippen LogP contribution in [-0.4, -0.2) is 50.3 Å². The second kappa shape index (κ2) is 7.54. The first-order valence-electron chi connectivity index (χ1n) is 9.17. The van der Waals surface area contributed by atoms with Gasteiger partial charge in [-0.3, -0.25) is 4.90 Å². The molecule has 0 spiro atoms. The van der Waals surface area contributed by atoms with Gasteiger partial charge in [0.05, 0.1) is 24.4 Å². The van der Waals surface area contributed by atoms with Crippen molar-refractivity contribution in [1.29, 1.82) is 0 Å². The molecule has 27 heavy (non-hydrogen) atoms. The maximum absolute atomic E-state index is 5.77. The van der Waals surface area contributed by atoms with Crippen molar-refractivity contribution in [3.05, 3.63) is 48.2 Å². The third kappa shape index (κ3) is 4.20. The quantitative estimate of drug-likeness (QED) is 0.703.